The van der Waals surface area contributed by atoms with Gasteiger partial charge in [-0.2, -0.15) is 0 Å². The lowest BCUT2D eigenvalue weighted by molar-refractivity contribution is -0.384. The summed E-state index contributed by atoms with van der Waals surface area (Å²) in [6.45, 7) is 0.843. The Morgan fingerprint density at radius 1 is 1.21 bits per heavy atom. The first kappa shape index (κ1) is 14.9. The van der Waals surface area contributed by atoms with Crippen LogP contribution in [0.1, 0.15) is 31.2 Å². The van der Waals surface area contributed by atoms with Gasteiger partial charge in [0, 0.05) is 12.6 Å². The SMILES string of the molecule is O=C1N[C@@H](c2ccc(-c3ccccc3[N+](=O)[O-])o2)N2CCCC[C@@H]12. The van der Waals surface area contributed by atoms with Gasteiger partial charge in [-0.1, -0.05) is 18.6 Å². The van der Waals surface area contributed by atoms with Crippen molar-refractivity contribution in [3.63, 3.8) is 0 Å². The minimum absolute atomic E-state index is 0.00436. The van der Waals surface area contributed by atoms with Crippen LogP contribution < -0.4 is 5.32 Å². The number of fused-ring (bicyclic) bond motifs is 1. The number of carbonyl (C=O) groups is 1. The third-order valence-electron chi connectivity index (χ3n) is 4.72. The van der Waals surface area contributed by atoms with E-state index < -0.39 is 4.92 Å². The van der Waals surface area contributed by atoms with E-state index in [9.17, 15) is 14.9 Å². The van der Waals surface area contributed by atoms with Gasteiger partial charge in [0.25, 0.3) is 5.69 Å². The molecular weight excluding hydrogens is 310 g/mol. The molecule has 1 aromatic carbocycles. The smallest absolute Gasteiger partial charge is 0.280 e. The fourth-order valence-electron chi connectivity index (χ4n) is 3.58. The summed E-state index contributed by atoms with van der Waals surface area (Å²) in [4.78, 5) is 25.0. The Kier molecular flexibility index (Phi) is 3.57. The van der Waals surface area contributed by atoms with Gasteiger partial charge in [0.1, 0.15) is 17.7 Å². The van der Waals surface area contributed by atoms with E-state index in [0.717, 1.165) is 25.8 Å². The van der Waals surface area contributed by atoms with Crippen LogP contribution in [0.25, 0.3) is 11.3 Å². The first-order chi connectivity index (χ1) is 11.6. The number of nitrogens with one attached hydrogen (secondary N) is 1. The zero-order valence-corrected chi connectivity index (χ0v) is 13.0. The molecule has 2 fully saturated rings. The van der Waals surface area contributed by atoms with Crippen LogP contribution in [0.2, 0.25) is 0 Å². The maximum atomic E-state index is 12.1. The van der Waals surface area contributed by atoms with Crippen LogP contribution in [0.5, 0.6) is 0 Å². The largest absolute Gasteiger partial charge is 0.457 e. The number of nitrogens with zero attached hydrogens (tertiary/aromatic N) is 2. The lowest BCUT2D eigenvalue weighted by atomic mass is 10.0. The minimum Gasteiger partial charge on any atom is -0.457 e. The molecule has 0 radical (unpaired) electrons. The number of benzene rings is 1. The molecule has 1 N–H and O–H groups in total. The second kappa shape index (κ2) is 5.76. The quantitative estimate of drug-likeness (QED) is 0.692. The highest BCUT2D eigenvalue weighted by Crippen LogP contribution is 2.36. The van der Waals surface area contributed by atoms with E-state index in [0.29, 0.717) is 17.1 Å². The maximum absolute atomic E-state index is 12.1. The molecule has 2 saturated heterocycles. The number of nitro benzene ring substituents is 1. The second-order valence-electron chi connectivity index (χ2n) is 6.14. The molecule has 2 aliphatic heterocycles. The van der Waals surface area contributed by atoms with E-state index in [1.807, 2.05) is 0 Å². The van der Waals surface area contributed by atoms with Crippen molar-refractivity contribution in [2.45, 2.75) is 31.5 Å². The molecule has 1 aromatic heterocycles. The molecule has 0 bridgehead atoms. The fraction of sp³-hybridized carbons (Fsp3) is 0.353. The minimum atomic E-state index is -0.421. The number of piperidine rings is 1. The van der Waals surface area contributed by atoms with Gasteiger partial charge in [0.15, 0.2) is 0 Å². The van der Waals surface area contributed by atoms with Gasteiger partial charge in [-0.25, -0.2) is 0 Å². The van der Waals surface area contributed by atoms with E-state index in [1.165, 1.54) is 6.07 Å². The first-order valence-corrected chi connectivity index (χ1v) is 8.05. The molecule has 1 amide bonds. The first-order valence-electron chi connectivity index (χ1n) is 8.05. The molecule has 7 heteroatoms. The average molecular weight is 327 g/mol. The molecule has 0 spiro atoms. The second-order valence-corrected chi connectivity index (χ2v) is 6.14. The Balaban J connectivity index is 1.66. The van der Waals surface area contributed by atoms with Crippen LogP contribution in [-0.4, -0.2) is 28.3 Å². The number of carbonyl (C=O) groups excluding carboxylic acids is 1. The zero-order chi connectivity index (χ0) is 16.7. The van der Waals surface area contributed by atoms with E-state index in [-0.39, 0.29) is 23.8 Å². The Labute approximate surface area is 138 Å². The third-order valence-corrected chi connectivity index (χ3v) is 4.72. The van der Waals surface area contributed by atoms with Crippen molar-refractivity contribution in [2.75, 3.05) is 6.54 Å². The molecule has 2 aliphatic rings. The summed E-state index contributed by atoms with van der Waals surface area (Å²) in [6, 6.07) is 9.90. The van der Waals surface area contributed by atoms with E-state index in [2.05, 4.69) is 10.2 Å². The van der Waals surface area contributed by atoms with Crippen molar-refractivity contribution in [3.05, 3.63) is 52.3 Å². The van der Waals surface area contributed by atoms with Crippen LogP contribution in [0, 0.1) is 10.1 Å². The molecular formula is C17H17N3O4. The third kappa shape index (κ3) is 2.37. The normalized spacial score (nSPS) is 23.8. The summed E-state index contributed by atoms with van der Waals surface area (Å²) in [5, 5.41) is 14.2. The van der Waals surface area contributed by atoms with Crippen molar-refractivity contribution in [3.8, 4) is 11.3 Å². The maximum Gasteiger partial charge on any atom is 0.280 e. The van der Waals surface area contributed by atoms with Gasteiger partial charge in [-0.3, -0.25) is 19.8 Å². The lowest BCUT2D eigenvalue weighted by Crippen LogP contribution is -2.38. The van der Waals surface area contributed by atoms with Gasteiger partial charge in [0.2, 0.25) is 5.91 Å². The number of para-hydroxylation sites is 1. The standard InChI is InChI=1S/C17H17N3O4/c21-17-13-7-3-4-10-19(13)16(18-17)15-9-8-14(24-15)11-5-1-2-6-12(11)20(22)23/h1-2,5-6,8-9,13,16H,3-4,7,10H2,(H,18,21)/t13-,16+/m0/s1. The summed E-state index contributed by atoms with van der Waals surface area (Å²) in [7, 11) is 0. The van der Waals surface area contributed by atoms with Crippen LogP contribution >= 0.6 is 0 Å². The van der Waals surface area contributed by atoms with Crippen LogP contribution in [0.3, 0.4) is 0 Å². The summed E-state index contributed by atoms with van der Waals surface area (Å²) in [5.41, 5.74) is 0.443. The number of hydrogen-bond acceptors (Lipinski definition) is 5. The molecule has 124 valence electrons. The molecule has 2 atom stereocenters. The number of rotatable bonds is 3. The summed E-state index contributed by atoms with van der Waals surface area (Å²) < 4.78 is 5.88. The van der Waals surface area contributed by atoms with Crippen molar-refractivity contribution >= 4 is 11.6 Å². The summed E-state index contributed by atoms with van der Waals surface area (Å²) in [5.74, 6) is 1.08. The highest BCUT2D eigenvalue weighted by Gasteiger charge is 2.42. The highest BCUT2D eigenvalue weighted by atomic mass is 16.6. The molecule has 3 heterocycles. The Morgan fingerprint density at radius 2 is 2.04 bits per heavy atom. The zero-order valence-electron chi connectivity index (χ0n) is 13.0. The molecule has 0 aliphatic carbocycles. The van der Waals surface area contributed by atoms with Crippen LogP contribution in [0.4, 0.5) is 5.69 Å². The topological polar surface area (TPSA) is 88.6 Å². The number of amides is 1. The molecule has 7 nitrogen and oxygen atoms in total. The average Bonchev–Trinajstić information content (AvgIpc) is 3.20. The highest BCUT2D eigenvalue weighted by molar-refractivity contribution is 5.84. The number of furan rings is 1. The number of hydrogen-bond donors (Lipinski definition) is 1. The van der Waals surface area contributed by atoms with Crippen molar-refractivity contribution < 1.29 is 14.1 Å². The van der Waals surface area contributed by atoms with E-state index >= 15 is 0 Å². The summed E-state index contributed by atoms with van der Waals surface area (Å²) in [6.07, 6.45) is 2.68. The monoisotopic (exact) mass is 327 g/mol. The number of nitro groups is 1. The predicted molar refractivity (Wildman–Crippen MR) is 86.0 cm³/mol. The molecule has 0 unspecified atom stereocenters. The van der Waals surface area contributed by atoms with E-state index in [4.69, 9.17) is 4.42 Å². The molecule has 0 saturated carbocycles. The van der Waals surface area contributed by atoms with Gasteiger partial charge >= 0.3 is 0 Å². The fourth-order valence-corrected chi connectivity index (χ4v) is 3.58. The van der Waals surface area contributed by atoms with Gasteiger partial charge in [-0.15, -0.1) is 0 Å². The van der Waals surface area contributed by atoms with Gasteiger partial charge in [-0.05, 0) is 31.0 Å². The predicted octanol–water partition coefficient (Wildman–Crippen LogP) is 2.84. The Bertz CT molecular complexity index is 801. The van der Waals surface area contributed by atoms with Crippen molar-refractivity contribution in [2.24, 2.45) is 0 Å². The molecule has 2 aromatic rings. The molecule has 4 rings (SSSR count). The molecule has 24 heavy (non-hydrogen) atoms. The summed E-state index contributed by atoms with van der Waals surface area (Å²) >= 11 is 0. The van der Waals surface area contributed by atoms with Crippen molar-refractivity contribution in [1.29, 1.82) is 0 Å². The van der Waals surface area contributed by atoms with Crippen molar-refractivity contribution in [1.82, 2.24) is 10.2 Å². The van der Waals surface area contributed by atoms with Crippen LogP contribution in [-0.2, 0) is 4.79 Å². The Morgan fingerprint density at radius 3 is 2.88 bits per heavy atom. The van der Waals surface area contributed by atoms with Crippen LogP contribution in [0.15, 0.2) is 40.8 Å². The lowest BCUT2D eigenvalue weighted by Gasteiger charge is -2.30. The van der Waals surface area contributed by atoms with Gasteiger partial charge in [0.05, 0.1) is 16.5 Å². The van der Waals surface area contributed by atoms with Gasteiger partial charge < -0.3 is 9.73 Å². The Hall–Kier alpha value is -2.67. The van der Waals surface area contributed by atoms with E-state index in [1.54, 1.807) is 30.3 Å².